The zero-order chi connectivity index (χ0) is 18.7. The van der Waals surface area contributed by atoms with Gasteiger partial charge in [-0.2, -0.15) is 23.3 Å². The molecule has 0 aliphatic heterocycles. The minimum absolute atomic E-state index is 0.120. The Morgan fingerprint density at radius 1 is 1.00 bits per heavy atom. The number of alkyl halides is 3. The molecule has 0 atom stereocenters. The molecule has 0 aliphatic carbocycles. The molecule has 1 heterocycles. The quantitative estimate of drug-likeness (QED) is 0.640. The van der Waals surface area contributed by atoms with Gasteiger partial charge in [-0.25, -0.2) is 0 Å². The Labute approximate surface area is 152 Å². The molecule has 3 aromatic rings. The maximum absolute atomic E-state index is 13.1. The number of benzene rings is 2. The summed E-state index contributed by atoms with van der Waals surface area (Å²) in [6.45, 7) is 1.87. The second-order valence-corrected chi connectivity index (χ2v) is 5.85. The van der Waals surface area contributed by atoms with Gasteiger partial charge in [0.25, 0.3) is 0 Å². The smallest absolute Gasteiger partial charge is 0.338 e. The number of nitrogens with one attached hydrogen (secondary N) is 2. The number of aromatic nitrogens is 3. The van der Waals surface area contributed by atoms with Gasteiger partial charge in [-0.1, -0.05) is 29.8 Å². The number of hydrogen-bond donors (Lipinski definition) is 2. The lowest BCUT2D eigenvalue weighted by atomic mass is 10.1. The van der Waals surface area contributed by atoms with Gasteiger partial charge in [0.15, 0.2) is 5.82 Å². The van der Waals surface area contributed by atoms with Crippen LogP contribution >= 0.6 is 11.6 Å². The van der Waals surface area contributed by atoms with Gasteiger partial charge in [0.2, 0.25) is 5.95 Å². The Morgan fingerprint density at radius 3 is 2.54 bits per heavy atom. The Morgan fingerprint density at radius 2 is 1.77 bits per heavy atom. The summed E-state index contributed by atoms with van der Waals surface area (Å²) in [7, 11) is 0. The second kappa shape index (κ2) is 7.17. The SMILES string of the molecule is Cc1ccc(Cl)cc1Nc1nncc(Nc2ccccc2C(F)(F)F)n1. The second-order valence-electron chi connectivity index (χ2n) is 5.42. The van der Waals surface area contributed by atoms with Gasteiger partial charge in [-0.3, -0.25) is 0 Å². The first-order valence-electron chi connectivity index (χ1n) is 7.49. The van der Waals surface area contributed by atoms with Crippen molar-refractivity contribution >= 4 is 34.7 Å². The van der Waals surface area contributed by atoms with E-state index >= 15 is 0 Å². The molecule has 3 rings (SSSR count). The third-order valence-electron chi connectivity index (χ3n) is 3.50. The average Bonchev–Trinajstić information content (AvgIpc) is 2.58. The van der Waals surface area contributed by atoms with E-state index in [0.29, 0.717) is 10.7 Å². The summed E-state index contributed by atoms with van der Waals surface area (Å²) in [4.78, 5) is 4.15. The van der Waals surface area contributed by atoms with Crippen LogP contribution in [0.5, 0.6) is 0 Å². The van der Waals surface area contributed by atoms with Crippen LogP contribution in [0.1, 0.15) is 11.1 Å². The van der Waals surface area contributed by atoms with Gasteiger partial charge in [0.1, 0.15) is 0 Å². The van der Waals surface area contributed by atoms with Crippen LogP contribution in [0.4, 0.5) is 36.3 Å². The van der Waals surface area contributed by atoms with Crippen LogP contribution in [0.15, 0.2) is 48.7 Å². The molecule has 0 aliphatic rings. The number of aryl methyl sites for hydroxylation is 1. The van der Waals surface area contributed by atoms with E-state index in [1.165, 1.54) is 24.4 Å². The molecule has 5 nitrogen and oxygen atoms in total. The van der Waals surface area contributed by atoms with Gasteiger partial charge in [0, 0.05) is 10.7 Å². The molecule has 2 N–H and O–H groups in total. The monoisotopic (exact) mass is 379 g/mol. The fraction of sp³-hybridized carbons (Fsp3) is 0.118. The number of halogens is 4. The van der Waals surface area contributed by atoms with Crippen molar-refractivity contribution < 1.29 is 13.2 Å². The van der Waals surface area contributed by atoms with E-state index in [1.54, 1.807) is 12.1 Å². The van der Waals surface area contributed by atoms with Crippen molar-refractivity contribution in [2.24, 2.45) is 0 Å². The minimum atomic E-state index is -4.48. The van der Waals surface area contributed by atoms with Gasteiger partial charge < -0.3 is 10.6 Å². The first-order chi connectivity index (χ1) is 12.3. The van der Waals surface area contributed by atoms with Crippen molar-refractivity contribution in [3.63, 3.8) is 0 Å². The maximum atomic E-state index is 13.1. The van der Waals surface area contributed by atoms with Gasteiger partial charge in [-0.05, 0) is 36.8 Å². The van der Waals surface area contributed by atoms with E-state index in [-0.39, 0.29) is 17.5 Å². The van der Waals surface area contributed by atoms with E-state index < -0.39 is 11.7 Å². The topological polar surface area (TPSA) is 62.7 Å². The third-order valence-corrected chi connectivity index (χ3v) is 3.74. The molecule has 0 bridgehead atoms. The molecule has 0 fully saturated rings. The van der Waals surface area contributed by atoms with E-state index in [2.05, 4.69) is 25.8 Å². The van der Waals surface area contributed by atoms with E-state index in [9.17, 15) is 13.2 Å². The molecular weight excluding hydrogens is 367 g/mol. The predicted molar refractivity (Wildman–Crippen MR) is 94.0 cm³/mol. The highest BCUT2D eigenvalue weighted by atomic mass is 35.5. The minimum Gasteiger partial charge on any atom is -0.338 e. The highest BCUT2D eigenvalue weighted by Crippen LogP contribution is 2.35. The number of para-hydroxylation sites is 1. The molecule has 0 saturated heterocycles. The van der Waals surface area contributed by atoms with E-state index in [0.717, 1.165) is 11.6 Å². The lowest BCUT2D eigenvalue weighted by molar-refractivity contribution is -0.136. The number of nitrogens with zero attached hydrogens (tertiary/aromatic N) is 3. The van der Waals surface area contributed by atoms with E-state index in [4.69, 9.17) is 11.6 Å². The Balaban J connectivity index is 1.86. The van der Waals surface area contributed by atoms with Crippen LogP contribution in [0.25, 0.3) is 0 Å². The highest BCUT2D eigenvalue weighted by Gasteiger charge is 2.33. The van der Waals surface area contributed by atoms with Crippen LogP contribution < -0.4 is 10.6 Å². The molecule has 9 heteroatoms. The molecule has 1 aromatic heterocycles. The maximum Gasteiger partial charge on any atom is 0.418 e. The zero-order valence-electron chi connectivity index (χ0n) is 13.5. The standard InChI is InChI=1S/C17H13ClF3N5/c1-10-6-7-11(18)8-14(10)24-16-25-15(9-22-26-16)23-13-5-3-2-4-12(13)17(19,20)21/h2-9H,1H3,(H2,23,24,25,26). The van der Waals surface area contributed by atoms with Crippen molar-refractivity contribution in [1.82, 2.24) is 15.2 Å². The molecule has 134 valence electrons. The van der Waals surface area contributed by atoms with Gasteiger partial charge in [0.05, 0.1) is 17.4 Å². The van der Waals surface area contributed by atoms with Crippen molar-refractivity contribution in [2.75, 3.05) is 10.6 Å². The highest BCUT2D eigenvalue weighted by molar-refractivity contribution is 6.30. The summed E-state index contributed by atoms with van der Waals surface area (Å²) in [5, 5.41) is 13.7. The molecule has 26 heavy (non-hydrogen) atoms. The fourth-order valence-corrected chi connectivity index (χ4v) is 2.42. The van der Waals surface area contributed by atoms with Crippen LogP contribution in [0, 0.1) is 6.92 Å². The van der Waals surface area contributed by atoms with Gasteiger partial charge >= 0.3 is 6.18 Å². The average molecular weight is 380 g/mol. The van der Waals surface area contributed by atoms with Crippen LogP contribution in [0.3, 0.4) is 0 Å². The summed E-state index contributed by atoms with van der Waals surface area (Å²) in [6.07, 6.45) is -3.24. The Hall–Kier alpha value is -2.87. The van der Waals surface area contributed by atoms with Crippen LogP contribution in [-0.4, -0.2) is 15.2 Å². The molecule has 0 radical (unpaired) electrons. The Kier molecular flexibility index (Phi) is 4.94. The molecule has 0 unspecified atom stereocenters. The molecule has 0 saturated carbocycles. The first kappa shape index (κ1) is 17.9. The summed E-state index contributed by atoms with van der Waals surface area (Å²) in [6, 6.07) is 10.4. The van der Waals surface area contributed by atoms with Crippen molar-refractivity contribution in [3.05, 3.63) is 64.8 Å². The number of anilines is 4. The van der Waals surface area contributed by atoms with Gasteiger partial charge in [-0.15, -0.1) is 5.10 Å². The largest absolute Gasteiger partial charge is 0.418 e. The summed E-state index contributed by atoms with van der Waals surface area (Å²) < 4.78 is 39.3. The predicted octanol–water partition coefficient (Wildman–Crippen LogP) is 5.34. The molecular formula is C17H13ClF3N5. The number of rotatable bonds is 4. The van der Waals surface area contributed by atoms with Crippen molar-refractivity contribution in [3.8, 4) is 0 Å². The van der Waals surface area contributed by atoms with E-state index in [1.807, 2.05) is 13.0 Å². The summed E-state index contributed by atoms with van der Waals surface area (Å²) >= 11 is 5.97. The van der Waals surface area contributed by atoms with Crippen molar-refractivity contribution in [2.45, 2.75) is 13.1 Å². The first-order valence-corrected chi connectivity index (χ1v) is 7.87. The molecule has 2 aromatic carbocycles. The van der Waals surface area contributed by atoms with Crippen LogP contribution in [-0.2, 0) is 6.18 Å². The lowest BCUT2D eigenvalue weighted by Gasteiger charge is -2.14. The molecule has 0 spiro atoms. The fourth-order valence-electron chi connectivity index (χ4n) is 2.24. The summed E-state index contributed by atoms with van der Waals surface area (Å²) in [5.74, 6) is 0.253. The van der Waals surface area contributed by atoms with Crippen LogP contribution in [0.2, 0.25) is 5.02 Å². The third kappa shape index (κ3) is 4.20. The normalized spacial score (nSPS) is 11.3. The lowest BCUT2D eigenvalue weighted by Crippen LogP contribution is -2.09. The molecule has 0 amide bonds. The zero-order valence-corrected chi connectivity index (χ0v) is 14.2. The summed E-state index contributed by atoms with van der Waals surface area (Å²) in [5.41, 5.74) is 0.662. The Bertz CT molecular complexity index is 930. The van der Waals surface area contributed by atoms with Crippen molar-refractivity contribution in [1.29, 1.82) is 0 Å². The number of hydrogen-bond acceptors (Lipinski definition) is 5.